The molecule has 2 fully saturated rings. The zero-order chi connectivity index (χ0) is 22.4. The van der Waals surface area contributed by atoms with Crippen LogP contribution >= 0.6 is 0 Å². The summed E-state index contributed by atoms with van der Waals surface area (Å²) in [6.45, 7) is 1.49. The molecule has 8 nitrogen and oxygen atoms in total. The van der Waals surface area contributed by atoms with Crippen LogP contribution in [0.1, 0.15) is 35.4 Å². The molecule has 0 unspecified atom stereocenters. The average molecular weight is 441 g/mol. The number of amides is 1. The standard InChI is InChI=1S/C18H21N3O3.C2HF3O2/c22-18(17-5-9-20-24-17)21-10-6-16(23-12-14-1-2-14)15(21)11-13-3-7-19-8-4-13;3-2(4,5)1(6)7/h3-5,7-9,14-16H,1-2,6,10-12H2;(H,6,7)/t15-,16-;/m0./s1. The van der Waals surface area contributed by atoms with E-state index in [1.54, 1.807) is 18.5 Å². The van der Waals surface area contributed by atoms with Gasteiger partial charge in [-0.15, -0.1) is 0 Å². The molecule has 0 spiro atoms. The first-order valence-corrected chi connectivity index (χ1v) is 9.78. The Kier molecular flexibility index (Phi) is 7.26. The van der Waals surface area contributed by atoms with E-state index in [-0.39, 0.29) is 23.8 Å². The molecule has 1 amide bonds. The first-order chi connectivity index (χ1) is 14.8. The van der Waals surface area contributed by atoms with E-state index >= 15 is 0 Å². The predicted molar refractivity (Wildman–Crippen MR) is 100 cm³/mol. The van der Waals surface area contributed by atoms with E-state index in [2.05, 4.69) is 10.1 Å². The highest BCUT2D eigenvalue weighted by Crippen LogP contribution is 2.32. The third-order valence-corrected chi connectivity index (χ3v) is 5.07. The molecule has 1 saturated carbocycles. The normalized spacial score (nSPS) is 20.8. The van der Waals surface area contributed by atoms with Gasteiger partial charge in [-0.05, 0) is 49.3 Å². The molecule has 1 N–H and O–H groups in total. The largest absolute Gasteiger partial charge is 0.490 e. The summed E-state index contributed by atoms with van der Waals surface area (Å²) in [5, 5.41) is 10.8. The summed E-state index contributed by atoms with van der Waals surface area (Å²) in [5.41, 5.74) is 1.16. The van der Waals surface area contributed by atoms with E-state index in [9.17, 15) is 18.0 Å². The predicted octanol–water partition coefficient (Wildman–Crippen LogP) is 2.96. The van der Waals surface area contributed by atoms with Gasteiger partial charge in [0, 0.05) is 31.6 Å². The van der Waals surface area contributed by atoms with Crippen molar-refractivity contribution in [2.45, 2.75) is 44.0 Å². The van der Waals surface area contributed by atoms with Gasteiger partial charge in [-0.2, -0.15) is 13.2 Å². The van der Waals surface area contributed by atoms with Crippen molar-refractivity contribution in [3.05, 3.63) is 48.1 Å². The fraction of sp³-hybridized carbons (Fsp3) is 0.500. The number of pyridine rings is 1. The lowest BCUT2D eigenvalue weighted by Crippen LogP contribution is -2.42. The van der Waals surface area contributed by atoms with Crippen molar-refractivity contribution in [1.29, 1.82) is 0 Å². The third kappa shape index (κ3) is 6.51. The highest BCUT2D eigenvalue weighted by molar-refractivity contribution is 5.91. The Morgan fingerprint density at radius 1 is 1.16 bits per heavy atom. The van der Waals surface area contributed by atoms with E-state index < -0.39 is 12.1 Å². The maximum atomic E-state index is 12.7. The Balaban J connectivity index is 0.000000339. The molecule has 168 valence electrons. The summed E-state index contributed by atoms with van der Waals surface area (Å²) in [4.78, 5) is 27.6. The lowest BCUT2D eigenvalue weighted by Gasteiger charge is -2.27. The zero-order valence-corrected chi connectivity index (χ0v) is 16.5. The molecule has 2 aromatic rings. The van der Waals surface area contributed by atoms with Crippen LogP contribution < -0.4 is 0 Å². The number of likely N-dealkylation sites (tertiary alicyclic amines) is 1. The van der Waals surface area contributed by atoms with Crippen LogP contribution in [0.15, 0.2) is 41.3 Å². The molecular weight excluding hydrogens is 419 g/mol. The average Bonchev–Trinajstić information content (AvgIpc) is 3.23. The first kappa shape index (κ1) is 22.7. The van der Waals surface area contributed by atoms with Crippen molar-refractivity contribution in [3.63, 3.8) is 0 Å². The molecule has 1 saturated heterocycles. The van der Waals surface area contributed by atoms with Gasteiger partial charge in [0.05, 0.1) is 18.3 Å². The maximum absolute atomic E-state index is 12.7. The number of carbonyl (C=O) groups excluding carboxylic acids is 1. The third-order valence-electron chi connectivity index (χ3n) is 5.07. The highest BCUT2D eigenvalue weighted by atomic mass is 19.4. The van der Waals surface area contributed by atoms with Crippen molar-refractivity contribution in [1.82, 2.24) is 15.0 Å². The molecule has 3 heterocycles. The number of hydrogen-bond donors (Lipinski definition) is 1. The van der Waals surface area contributed by atoms with Gasteiger partial charge in [0.15, 0.2) is 0 Å². The minimum atomic E-state index is -5.08. The SMILES string of the molecule is O=C(O)C(F)(F)F.O=C(c1ccno1)N1CC[C@H](OCC2CC2)[C@@H]1Cc1ccncc1. The Morgan fingerprint density at radius 2 is 1.84 bits per heavy atom. The summed E-state index contributed by atoms with van der Waals surface area (Å²) < 4.78 is 42.9. The number of carboxylic acids is 1. The molecule has 2 aromatic heterocycles. The van der Waals surface area contributed by atoms with Gasteiger partial charge < -0.3 is 19.3 Å². The lowest BCUT2D eigenvalue weighted by atomic mass is 10.0. The molecule has 4 rings (SSSR count). The van der Waals surface area contributed by atoms with E-state index in [0.717, 1.165) is 25.0 Å². The number of rotatable bonds is 6. The number of alkyl halides is 3. The van der Waals surface area contributed by atoms with Crippen LogP contribution in [0.25, 0.3) is 0 Å². The molecule has 1 aliphatic heterocycles. The van der Waals surface area contributed by atoms with E-state index in [4.69, 9.17) is 19.2 Å². The molecule has 0 radical (unpaired) electrons. The maximum Gasteiger partial charge on any atom is 0.490 e. The summed E-state index contributed by atoms with van der Waals surface area (Å²) in [6.07, 6.45) is 4.22. The van der Waals surface area contributed by atoms with E-state index in [0.29, 0.717) is 12.5 Å². The number of hydrogen-bond acceptors (Lipinski definition) is 6. The van der Waals surface area contributed by atoms with Crippen LogP contribution in [0, 0.1) is 5.92 Å². The number of carbonyl (C=O) groups is 2. The summed E-state index contributed by atoms with van der Waals surface area (Å²) >= 11 is 0. The van der Waals surface area contributed by atoms with E-state index in [1.807, 2.05) is 17.0 Å². The Morgan fingerprint density at radius 3 is 2.39 bits per heavy atom. The minimum absolute atomic E-state index is 0.0174. The molecular formula is C20H22F3N3O5. The van der Waals surface area contributed by atoms with Crippen molar-refractivity contribution >= 4 is 11.9 Å². The molecule has 2 aliphatic rings. The second-order valence-corrected chi connectivity index (χ2v) is 7.41. The quantitative estimate of drug-likeness (QED) is 0.735. The lowest BCUT2D eigenvalue weighted by molar-refractivity contribution is -0.192. The van der Waals surface area contributed by atoms with Crippen LogP contribution in [-0.4, -0.2) is 63.5 Å². The second-order valence-electron chi connectivity index (χ2n) is 7.41. The van der Waals surface area contributed by atoms with Gasteiger partial charge in [0.1, 0.15) is 0 Å². The van der Waals surface area contributed by atoms with Gasteiger partial charge in [-0.3, -0.25) is 9.78 Å². The van der Waals surface area contributed by atoms with Crippen LogP contribution in [0.4, 0.5) is 13.2 Å². The number of carboxylic acid groups (broad SMARTS) is 1. The number of ether oxygens (including phenoxy) is 1. The number of nitrogens with zero attached hydrogens (tertiary/aromatic N) is 3. The van der Waals surface area contributed by atoms with Gasteiger partial charge >= 0.3 is 12.1 Å². The van der Waals surface area contributed by atoms with Gasteiger partial charge in [0.2, 0.25) is 5.76 Å². The summed E-state index contributed by atoms with van der Waals surface area (Å²) in [7, 11) is 0. The first-order valence-electron chi connectivity index (χ1n) is 9.78. The molecule has 0 bridgehead atoms. The molecule has 2 atom stereocenters. The molecule has 1 aliphatic carbocycles. The monoisotopic (exact) mass is 441 g/mol. The summed E-state index contributed by atoms with van der Waals surface area (Å²) in [5.74, 6) is -1.86. The van der Waals surface area contributed by atoms with Crippen molar-refractivity contribution < 1.29 is 37.1 Å². The van der Waals surface area contributed by atoms with Gasteiger partial charge in [-0.1, -0.05) is 5.16 Å². The summed E-state index contributed by atoms with van der Waals surface area (Å²) in [6, 6.07) is 5.62. The van der Waals surface area contributed by atoms with Crippen LogP contribution in [0.2, 0.25) is 0 Å². The smallest absolute Gasteiger partial charge is 0.475 e. The number of aromatic nitrogens is 2. The minimum Gasteiger partial charge on any atom is -0.475 e. The topological polar surface area (TPSA) is 106 Å². The van der Waals surface area contributed by atoms with Gasteiger partial charge in [-0.25, -0.2) is 4.79 Å². The van der Waals surface area contributed by atoms with Crippen LogP contribution in [0.5, 0.6) is 0 Å². The Hall–Kier alpha value is -2.95. The van der Waals surface area contributed by atoms with Crippen molar-refractivity contribution in [2.24, 2.45) is 5.92 Å². The van der Waals surface area contributed by atoms with Crippen molar-refractivity contribution in [3.8, 4) is 0 Å². The van der Waals surface area contributed by atoms with Crippen LogP contribution in [0.3, 0.4) is 0 Å². The molecule has 11 heteroatoms. The Labute approximate surface area is 176 Å². The number of aliphatic carboxylic acids is 1. The van der Waals surface area contributed by atoms with Gasteiger partial charge in [0.25, 0.3) is 5.91 Å². The fourth-order valence-electron chi connectivity index (χ4n) is 3.29. The zero-order valence-electron chi connectivity index (χ0n) is 16.5. The van der Waals surface area contributed by atoms with Crippen molar-refractivity contribution in [2.75, 3.05) is 13.2 Å². The van der Waals surface area contributed by atoms with Crippen LogP contribution in [-0.2, 0) is 16.0 Å². The second kappa shape index (κ2) is 9.90. The Bertz CT molecular complexity index is 857. The molecule has 31 heavy (non-hydrogen) atoms. The fourth-order valence-corrected chi connectivity index (χ4v) is 3.29. The molecule has 0 aromatic carbocycles. The van der Waals surface area contributed by atoms with E-state index in [1.165, 1.54) is 19.0 Å². The number of halogens is 3. The highest BCUT2D eigenvalue weighted by Gasteiger charge is 2.40.